The van der Waals surface area contributed by atoms with Gasteiger partial charge in [0, 0.05) is 18.5 Å². The number of carboxylic acid groups (broad SMARTS) is 1. The van der Waals surface area contributed by atoms with Gasteiger partial charge in [-0.3, -0.25) is 9.59 Å². The first-order valence-corrected chi connectivity index (χ1v) is 6.31. The maximum Gasteiger partial charge on any atom is 0.303 e. The van der Waals surface area contributed by atoms with Gasteiger partial charge in [-0.25, -0.2) is 4.39 Å². The topological polar surface area (TPSA) is 75.6 Å². The molecule has 1 aromatic carbocycles. The van der Waals surface area contributed by atoms with E-state index in [0.29, 0.717) is 6.42 Å². The zero-order chi connectivity index (χ0) is 15.1. The highest BCUT2D eigenvalue weighted by molar-refractivity contribution is 5.94. The summed E-state index contributed by atoms with van der Waals surface area (Å²) in [6.45, 7) is 2.13. The van der Waals surface area contributed by atoms with E-state index in [-0.39, 0.29) is 36.1 Å². The van der Waals surface area contributed by atoms with Crippen molar-refractivity contribution in [1.29, 1.82) is 0 Å². The van der Waals surface area contributed by atoms with Gasteiger partial charge in [0.05, 0.1) is 7.11 Å². The fourth-order valence-electron chi connectivity index (χ4n) is 1.75. The van der Waals surface area contributed by atoms with Crippen molar-refractivity contribution >= 4 is 11.9 Å². The number of carboxylic acids is 1. The molecule has 0 aliphatic heterocycles. The van der Waals surface area contributed by atoms with Crippen molar-refractivity contribution in [2.45, 2.75) is 19.8 Å². The Labute approximate surface area is 116 Å². The molecule has 110 valence electrons. The maximum atomic E-state index is 13.2. The highest BCUT2D eigenvalue weighted by atomic mass is 19.1. The summed E-state index contributed by atoms with van der Waals surface area (Å²) in [7, 11) is 1.32. The average molecular weight is 283 g/mol. The summed E-state index contributed by atoms with van der Waals surface area (Å²) in [5.74, 6) is -1.95. The monoisotopic (exact) mass is 283 g/mol. The Hall–Kier alpha value is -2.11. The van der Waals surface area contributed by atoms with Crippen LogP contribution in [0.2, 0.25) is 0 Å². The highest BCUT2D eigenvalue weighted by Crippen LogP contribution is 2.18. The van der Waals surface area contributed by atoms with Crippen LogP contribution >= 0.6 is 0 Å². The summed E-state index contributed by atoms with van der Waals surface area (Å²) >= 11 is 0. The van der Waals surface area contributed by atoms with Crippen molar-refractivity contribution in [2.75, 3.05) is 13.7 Å². The van der Waals surface area contributed by atoms with E-state index >= 15 is 0 Å². The second-order valence-electron chi connectivity index (χ2n) is 4.43. The van der Waals surface area contributed by atoms with Crippen LogP contribution in [0.15, 0.2) is 18.2 Å². The molecule has 6 heteroatoms. The summed E-state index contributed by atoms with van der Waals surface area (Å²) in [6.07, 6.45) is 0.656. The third-order valence-corrected chi connectivity index (χ3v) is 3.01. The molecule has 0 saturated heterocycles. The molecule has 0 radical (unpaired) electrons. The van der Waals surface area contributed by atoms with Crippen molar-refractivity contribution in [1.82, 2.24) is 5.32 Å². The number of benzene rings is 1. The SMILES string of the molecule is CCC(CNC(=O)c1ccc(F)c(OC)c1)CC(=O)O. The lowest BCUT2D eigenvalue weighted by Gasteiger charge is -2.13. The van der Waals surface area contributed by atoms with Crippen LogP contribution in [-0.4, -0.2) is 30.6 Å². The Morgan fingerprint density at radius 2 is 2.15 bits per heavy atom. The highest BCUT2D eigenvalue weighted by Gasteiger charge is 2.14. The second kappa shape index (κ2) is 7.47. The van der Waals surface area contributed by atoms with Crippen LogP contribution in [0, 0.1) is 11.7 Å². The number of carbonyl (C=O) groups is 2. The molecule has 0 saturated carbocycles. The number of hydrogen-bond donors (Lipinski definition) is 2. The predicted octanol–water partition coefficient (Wildman–Crippen LogP) is 2.06. The van der Waals surface area contributed by atoms with Crippen LogP contribution in [0.25, 0.3) is 0 Å². The van der Waals surface area contributed by atoms with E-state index in [1.54, 1.807) is 0 Å². The largest absolute Gasteiger partial charge is 0.494 e. The Morgan fingerprint density at radius 1 is 1.45 bits per heavy atom. The molecule has 0 fully saturated rings. The molecule has 0 aliphatic carbocycles. The minimum Gasteiger partial charge on any atom is -0.494 e. The molecule has 0 spiro atoms. The lowest BCUT2D eigenvalue weighted by molar-refractivity contribution is -0.138. The van der Waals surface area contributed by atoms with Gasteiger partial charge in [0.2, 0.25) is 0 Å². The normalized spacial score (nSPS) is 11.8. The molecule has 0 heterocycles. The first-order chi connectivity index (χ1) is 9.47. The molecule has 0 aliphatic rings. The Bertz CT molecular complexity index is 490. The van der Waals surface area contributed by atoms with Gasteiger partial charge in [0.1, 0.15) is 0 Å². The Kier molecular flexibility index (Phi) is 5.96. The number of rotatable bonds is 7. The fraction of sp³-hybridized carbons (Fsp3) is 0.429. The van der Waals surface area contributed by atoms with Crippen LogP contribution in [0.4, 0.5) is 4.39 Å². The van der Waals surface area contributed by atoms with Crippen LogP contribution in [0.5, 0.6) is 5.75 Å². The summed E-state index contributed by atoms with van der Waals surface area (Å²) in [5, 5.41) is 11.4. The van der Waals surface area contributed by atoms with Gasteiger partial charge in [-0.2, -0.15) is 0 Å². The number of hydrogen-bond acceptors (Lipinski definition) is 3. The van der Waals surface area contributed by atoms with Gasteiger partial charge >= 0.3 is 5.97 Å². The molecule has 1 aromatic rings. The van der Waals surface area contributed by atoms with E-state index in [2.05, 4.69) is 5.32 Å². The summed E-state index contributed by atoms with van der Waals surface area (Å²) in [6, 6.07) is 3.82. The standard InChI is InChI=1S/C14H18FNO4/c1-3-9(6-13(17)18)8-16-14(19)10-4-5-11(15)12(7-10)20-2/h4-5,7,9H,3,6,8H2,1-2H3,(H,16,19)(H,17,18). The van der Waals surface area contributed by atoms with Gasteiger partial charge in [-0.05, 0) is 24.1 Å². The minimum atomic E-state index is -0.894. The zero-order valence-electron chi connectivity index (χ0n) is 11.5. The van der Waals surface area contributed by atoms with Gasteiger partial charge in [-0.1, -0.05) is 13.3 Å². The number of halogens is 1. The van der Waals surface area contributed by atoms with Crippen LogP contribution < -0.4 is 10.1 Å². The van der Waals surface area contributed by atoms with Gasteiger partial charge in [-0.15, -0.1) is 0 Å². The van der Waals surface area contributed by atoms with Crippen molar-refractivity contribution in [2.24, 2.45) is 5.92 Å². The van der Waals surface area contributed by atoms with Gasteiger partial charge < -0.3 is 15.2 Å². The van der Waals surface area contributed by atoms with Crippen molar-refractivity contribution in [3.63, 3.8) is 0 Å². The van der Waals surface area contributed by atoms with Gasteiger partial charge in [0.25, 0.3) is 5.91 Å². The minimum absolute atomic E-state index is 0.00349. The summed E-state index contributed by atoms with van der Waals surface area (Å²) in [4.78, 5) is 22.5. The molecule has 1 rings (SSSR count). The molecular weight excluding hydrogens is 265 g/mol. The van der Waals surface area contributed by atoms with E-state index in [9.17, 15) is 14.0 Å². The number of amides is 1. The van der Waals surface area contributed by atoms with Crippen molar-refractivity contribution < 1.29 is 23.8 Å². The average Bonchev–Trinajstić information content (AvgIpc) is 2.43. The van der Waals surface area contributed by atoms with Crippen molar-refractivity contribution in [3.05, 3.63) is 29.6 Å². The molecule has 2 N–H and O–H groups in total. The number of aliphatic carboxylic acids is 1. The molecule has 1 atom stereocenters. The second-order valence-corrected chi connectivity index (χ2v) is 4.43. The molecule has 0 bridgehead atoms. The van der Waals surface area contributed by atoms with E-state index in [0.717, 1.165) is 6.07 Å². The molecule has 0 aromatic heterocycles. The van der Waals surface area contributed by atoms with E-state index in [1.807, 2.05) is 6.92 Å². The third-order valence-electron chi connectivity index (χ3n) is 3.01. The number of carbonyl (C=O) groups excluding carboxylic acids is 1. The van der Waals surface area contributed by atoms with Crippen LogP contribution in [0.3, 0.4) is 0 Å². The van der Waals surface area contributed by atoms with Gasteiger partial charge in [0.15, 0.2) is 11.6 Å². The first kappa shape index (κ1) is 15.9. The number of ether oxygens (including phenoxy) is 1. The smallest absolute Gasteiger partial charge is 0.303 e. The Balaban J connectivity index is 2.64. The third kappa shape index (κ3) is 4.53. The van der Waals surface area contributed by atoms with Crippen LogP contribution in [-0.2, 0) is 4.79 Å². The molecule has 5 nitrogen and oxygen atoms in total. The van der Waals surface area contributed by atoms with Crippen molar-refractivity contribution in [3.8, 4) is 5.75 Å². The van der Waals surface area contributed by atoms with E-state index in [4.69, 9.17) is 9.84 Å². The maximum absolute atomic E-state index is 13.2. The predicted molar refractivity (Wildman–Crippen MR) is 71.3 cm³/mol. The fourth-order valence-corrected chi connectivity index (χ4v) is 1.75. The van der Waals surface area contributed by atoms with E-state index < -0.39 is 11.8 Å². The molecule has 1 unspecified atom stereocenters. The molecule has 1 amide bonds. The summed E-state index contributed by atoms with van der Waals surface area (Å²) in [5.41, 5.74) is 0.272. The first-order valence-electron chi connectivity index (χ1n) is 6.31. The molecule has 20 heavy (non-hydrogen) atoms. The van der Waals surface area contributed by atoms with E-state index in [1.165, 1.54) is 19.2 Å². The zero-order valence-corrected chi connectivity index (χ0v) is 11.5. The number of nitrogens with one attached hydrogen (secondary N) is 1. The number of methoxy groups -OCH3 is 1. The lowest BCUT2D eigenvalue weighted by atomic mass is 10.0. The quantitative estimate of drug-likeness (QED) is 0.803. The lowest BCUT2D eigenvalue weighted by Crippen LogP contribution is -2.30. The molecular formula is C14H18FNO4. The van der Waals surface area contributed by atoms with Crippen LogP contribution in [0.1, 0.15) is 30.1 Å². The Morgan fingerprint density at radius 3 is 2.70 bits per heavy atom. The summed E-state index contributed by atoms with van der Waals surface area (Å²) < 4.78 is 18.0.